The van der Waals surface area contributed by atoms with Crippen molar-refractivity contribution in [2.75, 3.05) is 5.32 Å². The van der Waals surface area contributed by atoms with Crippen LogP contribution in [0.3, 0.4) is 0 Å². The molecule has 1 saturated carbocycles. The van der Waals surface area contributed by atoms with E-state index in [9.17, 15) is 9.59 Å². The second-order valence-electron chi connectivity index (χ2n) is 6.45. The number of hydrogen-bond acceptors (Lipinski definition) is 4. The van der Waals surface area contributed by atoms with E-state index >= 15 is 0 Å². The Morgan fingerprint density at radius 1 is 1.46 bits per heavy atom. The van der Waals surface area contributed by atoms with Crippen LogP contribution in [0.25, 0.3) is 10.4 Å². The molecule has 130 valence electrons. The summed E-state index contributed by atoms with van der Waals surface area (Å²) in [4.78, 5) is 26.8. The Kier molecular flexibility index (Phi) is 5.81. The van der Waals surface area contributed by atoms with Crippen LogP contribution in [0.2, 0.25) is 0 Å². The van der Waals surface area contributed by atoms with Crippen LogP contribution in [0.1, 0.15) is 68.1 Å². The number of aromatic nitrogens is 2. The van der Waals surface area contributed by atoms with E-state index in [2.05, 4.69) is 25.5 Å². The first-order valence-corrected chi connectivity index (χ1v) is 8.16. The average molecular weight is 333 g/mol. The number of nitrogens with zero attached hydrogens (tertiary/aromatic N) is 4. The van der Waals surface area contributed by atoms with Gasteiger partial charge in [-0.25, -0.2) is 0 Å². The normalized spacial score (nSPS) is 20.5. The van der Waals surface area contributed by atoms with Crippen molar-refractivity contribution < 1.29 is 9.59 Å². The molecule has 2 rings (SSSR count). The molecule has 0 aromatic carbocycles. The molecule has 1 aromatic rings. The molecule has 1 aliphatic rings. The number of carbonyl (C=O) groups excluding carboxylic acids is 2. The summed E-state index contributed by atoms with van der Waals surface area (Å²) in [5.41, 5.74) is 15.0. The van der Waals surface area contributed by atoms with Gasteiger partial charge in [-0.2, -0.15) is 5.10 Å². The molecule has 24 heavy (non-hydrogen) atoms. The number of nitrogens with two attached hydrogens (primary N) is 1. The minimum Gasteiger partial charge on any atom is -0.364 e. The first-order chi connectivity index (χ1) is 11.4. The van der Waals surface area contributed by atoms with Gasteiger partial charge in [-0.15, -0.1) is 0 Å². The zero-order valence-corrected chi connectivity index (χ0v) is 14.0. The average Bonchev–Trinajstić information content (AvgIpc) is 2.93. The van der Waals surface area contributed by atoms with Crippen LogP contribution in [0, 0.1) is 5.92 Å². The largest absolute Gasteiger partial charge is 0.364 e. The van der Waals surface area contributed by atoms with E-state index in [1.807, 2.05) is 13.8 Å². The molecule has 1 aromatic heterocycles. The summed E-state index contributed by atoms with van der Waals surface area (Å²) >= 11 is 0. The highest BCUT2D eigenvalue weighted by Crippen LogP contribution is 2.31. The zero-order chi connectivity index (χ0) is 17.7. The summed E-state index contributed by atoms with van der Waals surface area (Å²) in [5.74, 6) is -0.864. The van der Waals surface area contributed by atoms with Gasteiger partial charge >= 0.3 is 0 Å². The van der Waals surface area contributed by atoms with Gasteiger partial charge in [0.2, 0.25) is 5.91 Å². The highest BCUT2D eigenvalue weighted by molar-refractivity contribution is 6.02. The van der Waals surface area contributed by atoms with Crippen molar-refractivity contribution in [3.63, 3.8) is 0 Å². The lowest BCUT2D eigenvalue weighted by Crippen LogP contribution is -2.28. The molecular weight excluding hydrogens is 310 g/mol. The van der Waals surface area contributed by atoms with Crippen molar-refractivity contribution in [3.05, 3.63) is 21.8 Å². The van der Waals surface area contributed by atoms with Gasteiger partial charge in [0.05, 0.1) is 11.4 Å². The van der Waals surface area contributed by atoms with E-state index in [0.717, 1.165) is 25.7 Å². The number of azide groups is 1. The van der Waals surface area contributed by atoms with Crippen molar-refractivity contribution >= 4 is 17.5 Å². The third-order valence-corrected chi connectivity index (χ3v) is 4.39. The van der Waals surface area contributed by atoms with Gasteiger partial charge in [-0.05, 0) is 30.2 Å². The van der Waals surface area contributed by atoms with Gasteiger partial charge in [0, 0.05) is 17.4 Å². The van der Waals surface area contributed by atoms with Crippen LogP contribution in [0.5, 0.6) is 0 Å². The van der Waals surface area contributed by atoms with E-state index in [1.54, 1.807) is 0 Å². The maximum absolute atomic E-state index is 12.4. The smallest absolute Gasteiger partial charge is 0.271 e. The zero-order valence-electron chi connectivity index (χ0n) is 14.0. The molecule has 1 fully saturated rings. The lowest BCUT2D eigenvalue weighted by atomic mass is 9.82. The number of anilines is 1. The van der Waals surface area contributed by atoms with Crippen LogP contribution in [-0.2, 0) is 4.79 Å². The van der Waals surface area contributed by atoms with Crippen LogP contribution in [0.15, 0.2) is 5.11 Å². The fourth-order valence-corrected chi connectivity index (χ4v) is 3.15. The lowest BCUT2D eigenvalue weighted by Gasteiger charge is -2.27. The predicted molar refractivity (Wildman–Crippen MR) is 89.3 cm³/mol. The SMILES string of the molecule is CC(C)c1[nH]nc(C(N)=O)c1NC(=O)C[C@@H]1CCCC[C@H]1N=[N+]=[N-]. The van der Waals surface area contributed by atoms with E-state index in [4.69, 9.17) is 11.3 Å². The Labute approximate surface area is 140 Å². The van der Waals surface area contributed by atoms with Gasteiger partial charge in [0.25, 0.3) is 5.91 Å². The molecule has 0 saturated heterocycles. The van der Waals surface area contributed by atoms with Crippen molar-refractivity contribution in [2.24, 2.45) is 16.8 Å². The topological polar surface area (TPSA) is 150 Å². The predicted octanol–water partition coefficient (Wildman–Crippen LogP) is 2.83. The van der Waals surface area contributed by atoms with Crippen LogP contribution in [-0.4, -0.2) is 28.1 Å². The molecule has 9 nitrogen and oxygen atoms in total. The Morgan fingerprint density at radius 2 is 2.17 bits per heavy atom. The molecule has 0 aliphatic heterocycles. The standard InChI is InChI=1S/C15H23N7O2/c1-8(2)12-13(14(15(16)24)21-20-12)18-11(23)7-9-5-3-4-6-10(9)19-22-17/h8-10H,3-7H2,1-2H3,(H2,16,24)(H,18,23)(H,20,21)/t9-,10+/m0/s1. The quantitative estimate of drug-likeness (QED) is 0.417. The number of amides is 2. The summed E-state index contributed by atoms with van der Waals surface area (Å²) < 4.78 is 0. The molecule has 1 heterocycles. The number of rotatable bonds is 6. The Balaban J connectivity index is 2.13. The van der Waals surface area contributed by atoms with Gasteiger partial charge < -0.3 is 11.1 Å². The van der Waals surface area contributed by atoms with E-state index in [1.165, 1.54) is 0 Å². The molecule has 4 N–H and O–H groups in total. The first-order valence-electron chi connectivity index (χ1n) is 8.16. The van der Waals surface area contributed by atoms with E-state index < -0.39 is 5.91 Å². The molecule has 0 spiro atoms. The monoisotopic (exact) mass is 333 g/mol. The molecular formula is C15H23N7O2. The molecule has 0 bridgehead atoms. The van der Waals surface area contributed by atoms with Crippen molar-refractivity contribution in [1.82, 2.24) is 10.2 Å². The van der Waals surface area contributed by atoms with Crippen molar-refractivity contribution in [2.45, 2.75) is 57.9 Å². The number of aromatic amines is 1. The van der Waals surface area contributed by atoms with Crippen molar-refractivity contribution in [1.29, 1.82) is 0 Å². The Morgan fingerprint density at radius 3 is 2.79 bits per heavy atom. The van der Waals surface area contributed by atoms with E-state index in [0.29, 0.717) is 11.4 Å². The van der Waals surface area contributed by atoms with Crippen LogP contribution >= 0.6 is 0 Å². The number of carbonyl (C=O) groups is 2. The fourth-order valence-electron chi connectivity index (χ4n) is 3.15. The summed E-state index contributed by atoms with van der Waals surface area (Å²) in [6.07, 6.45) is 3.92. The number of H-pyrrole nitrogens is 1. The maximum Gasteiger partial charge on any atom is 0.271 e. The second kappa shape index (κ2) is 7.83. The molecule has 9 heteroatoms. The third kappa shape index (κ3) is 4.05. The summed E-state index contributed by atoms with van der Waals surface area (Å²) in [6, 6.07) is -0.154. The molecule has 2 amide bonds. The Bertz CT molecular complexity index is 661. The van der Waals surface area contributed by atoms with Crippen molar-refractivity contribution in [3.8, 4) is 0 Å². The summed E-state index contributed by atoms with van der Waals surface area (Å²) in [7, 11) is 0. The molecule has 1 aliphatic carbocycles. The minimum atomic E-state index is -0.696. The van der Waals surface area contributed by atoms with Gasteiger partial charge in [-0.3, -0.25) is 14.7 Å². The minimum absolute atomic E-state index is 0.0149. The van der Waals surface area contributed by atoms with Gasteiger partial charge in [0.15, 0.2) is 5.69 Å². The van der Waals surface area contributed by atoms with E-state index in [-0.39, 0.29) is 35.9 Å². The molecule has 0 radical (unpaired) electrons. The number of hydrogen-bond donors (Lipinski definition) is 3. The van der Waals surface area contributed by atoms with Gasteiger partial charge in [-0.1, -0.05) is 31.8 Å². The number of nitrogens with one attached hydrogen (secondary N) is 2. The first kappa shape index (κ1) is 17.8. The Hall–Kier alpha value is -2.54. The van der Waals surface area contributed by atoms with Crippen LogP contribution < -0.4 is 11.1 Å². The van der Waals surface area contributed by atoms with Gasteiger partial charge in [0.1, 0.15) is 0 Å². The van der Waals surface area contributed by atoms with Crippen LogP contribution in [0.4, 0.5) is 5.69 Å². The molecule has 2 atom stereocenters. The summed E-state index contributed by atoms with van der Waals surface area (Å²) in [5, 5.41) is 13.2. The lowest BCUT2D eigenvalue weighted by molar-refractivity contribution is -0.117. The highest BCUT2D eigenvalue weighted by Gasteiger charge is 2.28. The second-order valence-corrected chi connectivity index (χ2v) is 6.45. The fraction of sp³-hybridized carbons (Fsp3) is 0.667. The summed E-state index contributed by atoms with van der Waals surface area (Å²) in [6.45, 7) is 3.85. The molecule has 0 unspecified atom stereocenters. The maximum atomic E-state index is 12.4. The highest BCUT2D eigenvalue weighted by atomic mass is 16.2. The number of primary amides is 1. The third-order valence-electron chi connectivity index (χ3n) is 4.39.